The van der Waals surface area contributed by atoms with E-state index in [4.69, 9.17) is 0 Å². The second kappa shape index (κ2) is 5.68. The lowest BCUT2D eigenvalue weighted by molar-refractivity contribution is -0.384. The van der Waals surface area contributed by atoms with Crippen molar-refractivity contribution >= 4 is 22.5 Å². The first kappa shape index (κ1) is 14.0. The maximum absolute atomic E-state index is 12.0. The number of amides is 1. The van der Waals surface area contributed by atoms with Crippen LogP contribution in [0.5, 0.6) is 0 Å². The molecule has 1 aromatic carbocycles. The van der Waals surface area contributed by atoms with Gasteiger partial charge in [-0.3, -0.25) is 20.0 Å². The highest BCUT2D eigenvalue weighted by Gasteiger charge is 2.16. The number of nitro benzene ring substituents is 1. The SMILES string of the molecule is CC(C)CCNC(=O)c1n[nH]c2ccc([N+](=O)[O-])cc12. The zero-order valence-corrected chi connectivity index (χ0v) is 11.3. The van der Waals surface area contributed by atoms with E-state index in [-0.39, 0.29) is 17.3 Å². The number of nitrogens with one attached hydrogen (secondary N) is 2. The third-order valence-corrected chi connectivity index (χ3v) is 2.98. The van der Waals surface area contributed by atoms with E-state index in [9.17, 15) is 14.9 Å². The molecule has 7 heteroatoms. The molecule has 0 aliphatic heterocycles. The largest absolute Gasteiger partial charge is 0.351 e. The summed E-state index contributed by atoms with van der Waals surface area (Å²) in [5, 5.41) is 20.6. The Bertz CT molecular complexity index is 648. The van der Waals surface area contributed by atoms with Gasteiger partial charge in [0.1, 0.15) is 0 Å². The van der Waals surface area contributed by atoms with Gasteiger partial charge in [-0.25, -0.2) is 0 Å². The first-order chi connectivity index (χ1) is 9.49. The van der Waals surface area contributed by atoms with Crippen LogP contribution in [0.25, 0.3) is 10.9 Å². The molecule has 106 valence electrons. The molecule has 1 aromatic heterocycles. The molecule has 0 radical (unpaired) electrons. The lowest BCUT2D eigenvalue weighted by Gasteiger charge is -2.05. The summed E-state index contributed by atoms with van der Waals surface area (Å²) in [6, 6.07) is 4.28. The standard InChI is InChI=1S/C13H16N4O3/c1-8(2)5-6-14-13(18)12-10-7-9(17(19)20)3-4-11(10)15-16-12/h3-4,7-8H,5-6H2,1-2H3,(H,14,18)(H,15,16). The second-order valence-electron chi connectivity index (χ2n) is 5.00. The van der Waals surface area contributed by atoms with Crippen molar-refractivity contribution in [2.45, 2.75) is 20.3 Å². The highest BCUT2D eigenvalue weighted by molar-refractivity contribution is 6.05. The number of aromatic nitrogens is 2. The number of nitro groups is 1. The Kier molecular flexibility index (Phi) is 3.97. The van der Waals surface area contributed by atoms with Gasteiger partial charge in [-0.15, -0.1) is 0 Å². The number of aromatic amines is 1. The number of carbonyl (C=O) groups excluding carboxylic acids is 1. The topological polar surface area (TPSA) is 101 Å². The number of H-pyrrole nitrogens is 1. The van der Waals surface area contributed by atoms with E-state index in [1.165, 1.54) is 12.1 Å². The molecule has 0 unspecified atom stereocenters. The molecule has 20 heavy (non-hydrogen) atoms. The molecule has 0 aliphatic rings. The van der Waals surface area contributed by atoms with Crippen molar-refractivity contribution in [2.75, 3.05) is 6.54 Å². The summed E-state index contributed by atoms with van der Waals surface area (Å²) < 4.78 is 0. The second-order valence-corrected chi connectivity index (χ2v) is 5.00. The molecule has 0 saturated heterocycles. The number of rotatable bonds is 5. The van der Waals surface area contributed by atoms with Crippen LogP contribution in [0, 0.1) is 16.0 Å². The summed E-state index contributed by atoms with van der Waals surface area (Å²) >= 11 is 0. The van der Waals surface area contributed by atoms with Gasteiger partial charge in [0.25, 0.3) is 11.6 Å². The fourth-order valence-electron chi connectivity index (χ4n) is 1.85. The van der Waals surface area contributed by atoms with E-state index in [0.717, 1.165) is 6.42 Å². The quantitative estimate of drug-likeness (QED) is 0.646. The molecule has 0 bridgehead atoms. The Labute approximate surface area is 115 Å². The van der Waals surface area contributed by atoms with E-state index in [1.807, 2.05) is 0 Å². The monoisotopic (exact) mass is 276 g/mol. The van der Waals surface area contributed by atoms with Crippen molar-refractivity contribution in [1.82, 2.24) is 15.5 Å². The van der Waals surface area contributed by atoms with Crippen LogP contribution < -0.4 is 5.32 Å². The van der Waals surface area contributed by atoms with Crippen molar-refractivity contribution in [3.8, 4) is 0 Å². The van der Waals surface area contributed by atoms with Gasteiger partial charge in [-0.2, -0.15) is 5.10 Å². The van der Waals surface area contributed by atoms with Gasteiger partial charge >= 0.3 is 0 Å². The number of fused-ring (bicyclic) bond motifs is 1. The minimum atomic E-state index is -0.493. The normalized spacial score (nSPS) is 10.9. The van der Waals surface area contributed by atoms with Crippen LogP contribution in [0.4, 0.5) is 5.69 Å². The summed E-state index contributed by atoms with van der Waals surface area (Å²) in [6.07, 6.45) is 0.869. The number of carbonyl (C=O) groups is 1. The van der Waals surface area contributed by atoms with Gasteiger partial charge in [0.05, 0.1) is 10.4 Å². The highest BCUT2D eigenvalue weighted by atomic mass is 16.6. The Morgan fingerprint density at radius 2 is 2.25 bits per heavy atom. The van der Waals surface area contributed by atoms with Gasteiger partial charge in [0.15, 0.2) is 5.69 Å². The van der Waals surface area contributed by atoms with Crippen LogP contribution >= 0.6 is 0 Å². The summed E-state index contributed by atoms with van der Waals surface area (Å²) in [6.45, 7) is 4.69. The molecule has 0 spiro atoms. The molecule has 0 saturated carbocycles. The summed E-state index contributed by atoms with van der Waals surface area (Å²) in [5.41, 5.74) is 0.729. The van der Waals surface area contributed by atoms with E-state index in [1.54, 1.807) is 6.07 Å². The molecular formula is C13H16N4O3. The molecule has 2 rings (SSSR count). The number of nitrogens with zero attached hydrogens (tertiary/aromatic N) is 2. The van der Waals surface area contributed by atoms with E-state index in [0.29, 0.717) is 23.4 Å². The Balaban J connectivity index is 2.23. The van der Waals surface area contributed by atoms with Gasteiger partial charge in [0.2, 0.25) is 0 Å². The van der Waals surface area contributed by atoms with E-state index < -0.39 is 4.92 Å². The zero-order valence-electron chi connectivity index (χ0n) is 11.3. The number of hydrogen-bond donors (Lipinski definition) is 2. The molecule has 1 heterocycles. The average Bonchev–Trinajstić information content (AvgIpc) is 2.80. The van der Waals surface area contributed by atoms with Crippen LogP contribution in [0.1, 0.15) is 30.8 Å². The molecule has 0 fully saturated rings. The lowest BCUT2D eigenvalue weighted by atomic mass is 10.1. The predicted octanol–water partition coefficient (Wildman–Crippen LogP) is 2.25. The third-order valence-electron chi connectivity index (χ3n) is 2.98. The zero-order chi connectivity index (χ0) is 14.7. The van der Waals surface area contributed by atoms with Crippen molar-refractivity contribution in [3.05, 3.63) is 34.0 Å². The average molecular weight is 276 g/mol. The highest BCUT2D eigenvalue weighted by Crippen LogP contribution is 2.21. The van der Waals surface area contributed by atoms with E-state index in [2.05, 4.69) is 29.4 Å². The van der Waals surface area contributed by atoms with E-state index >= 15 is 0 Å². The van der Waals surface area contributed by atoms with Crippen molar-refractivity contribution in [1.29, 1.82) is 0 Å². The van der Waals surface area contributed by atoms with Gasteiger partial charge < -0.3 is 5.32 Å². The molecule has 0 atom stereocenters. The smallest absolute Gasteiger partial charge is 0.272 e. The minimum absolute atomic E-state index is 0.0601. The maximum Gasteiger partial charge on any atom is 0.272 e. The lowest BCUT2D eigenvalue weighted by Crippen LogP contribution is -2.25. The maximum atomic E-state index is 12.0. The Hall–Kier alpha value is -2.44. The first-order valence-electron chi connectivity index (χ1n) is 6.39. The summed E-state index contributed by atoms with van der Waals surface area (Å²) in [5.74, 6) is 0.171. The van der Waals surface area contributed by atoms with Crippen LogP contribution in [0.2, 0.25) is 0 Å². The summed E-state index contributed by atoms with van der Waals surface area (Å²) in [4.78, 5) is 22.3. The number of benzene rings is 1. The van der Waals surface area contributed by atoms with Crippen molar-refractivity contribution < 1.29 is 9.72 Å². The molecule has 0 aliphatic carbocycles. The van der Waals surface area contributed by atoms with Gasteiger partial charge in [-0.1, -0.05) is 13.8 Å². The van der Waals surface area contributed by atoms with Crippen LogP contribution in [0.3, 0.4) is 0 Å². The Morgan fingerprint density at radius 3 is 2.90 bits per heavy atom. The molecule has 2 N–H and O–H groups in total. The van der Waals surface area contributed by atoms with Crippen LogP contribution in [-0.2, 0) is 0 Å². The first-order valence-corrected chi connectivity index (χ1v) is 6.39. The van der Waals surface area contributed by atoms with Crippen LogP contribution in [0.15, 0.2) is 18.2 Å². The van der Waals surface area contributed by atoms with Gasteiger partial charge in [0, 0.05) is 24.1 Å². The number of hydrogen-bond acceptors (Lipinski definition) is 4. The number of non-ortho nitro benzene ring substituents is 1. The van der Waals surface area contributed by atoms with Crippen LogP contribution in [-0.4, -0.2) is 27.6 Å². The van der Waals surface area contributed by atoms with Gasteiger partial charge in [-0.05, 0) is 18.4 Å². The molecule has 7 nitrogen and oxygen atoms in total. The third kappa shape index (κ3) is 2.93. The van der Waals surface area contributed by atoms with Crippen molar-refractivity contribution in [2.24, 2.45) is 5.92 Å². The molecular weight excluding hydrogens is 260 g/mol. The molecule has 1 amide bonds. The molecule has 2 aromatic rings. The fourth-order valence-corrected chi connectivity index (χ4v) is 1.85. The fraction of sp³-hybridized carbons (Fsp3) is 0.385. The Morgan fingerprint density at radius 1 is 1.50 bits per heavy atom. The predicted molar refractivity (Wildman–Crippen MR) is 74.5 cm³/mol. The summed E-state index contributed by atoms with van der Waals surface area (Å²) in [7, 11) is 0. The van der Waals surface area contributed by atoms with Crippen molar-refractivity contribution in [3.63, 3.8) is 0 Å². The minimum Gasteiger partial charge on any atom is -0.351 e.